The molecule has 4 rings (SSSR count). The molecule has 5 nitrogen and oxygen atoms in total. The van der Waals surface area contributed by atoms with E-state index in [1.165, 1.54) is 0 Å². The van der Waals surface area contributed by atoms with Gasteiger partial charge in [-0.3, -0.25) is 4.79 Å². The fourth-order valence-electron chi connectivity index (χ4n) is 4.01. The third-order valence-corrected chi connectivity index (χ3v) is 5.50. The van der Waals surface area contributed by atoms with Crippen LogP contribution < -0.4 is 11.1 Å². The largest absolute Gasteiger partial charge is 0.330 e. The van der Waals surface area contributed by atoms with Crippen molar-refractivity contribution in [3.8, 4) is 11.4 Å². The summed E-state index contributed by atoms with van der Waals surface area (Å²) in [6.45, 7) is 0.587. The van der Waals surface area contributed by atoms with Crippen molar-refractivity contribution in [2.24, 2.45) is 24.6 Å². The highest BCUT2D eigenvalue weighted by molar-refractivity contribution is 5.93. The van der Waals surface area contributed by atoms with E-state index >= 15 is 0 Å². The van der Waals surface area contributed by atoms with E-state index in [2.05, 4.69) is 16.0 Å². The van der Waals surface area contributed by atoms with Gasteiger partial charge in [-0.2, -0.15) is 0 Å². The Morgan fingerprint density at radius 1 is 1.19 bits per heavy atom. The molecule has 0 bridgehead atoms. The molecule has 3 aromatic rings. The van der Waals surface area contributed by atoms with Crippen molar-refractivity contribution in [3.63, 3.8) is 0 Å². The molecule has 0 saturated heterocycles. The monoisotopic (exact) mass is 348 g/mol. The van der Waals surface area contributed by atoms with E-state index in [4.69, 9.17) is 10.7 Å². The molecule has 0 radical (unpaired) electrons. The fraction of sp³-hybridized carbons (Fsp3) is 0.333. The first kappa shape index (κ1) is 16.8. The number of aryl methyl sites for hydroxylation is 1. The molecule has 1 fully saturated rings. The molecule has 2 atom stereocenters. The molecule has 5 heteroatoms. The summed E-state index contributed by atoms with van der Waals surface area (Å²) in [5.74, 6) is 1.37. The fourth-order valence-corrected chi connectivity index (χ4v) is 4.01. The zero-order chi connectivity index (χ0) is 18.1. The van der Waals surface area contributed by atoms with Gasteiger partial charge in [-0.05, 0) is 61.7 Å². The second-order valence-electron chi connectivity index (χ2n) is 7.08. The molecule has 26 heavy (non-hydrogen) atoms. The number of nitrogens with two attached hydrogens (primary N) is 1. The van der Waals surface area contributed by atoms with E-state index in [0.29, 0.717) is 12.5 Å². The maximum atomic E-state index is 12.5. The molecule has 1 heterocycles. The SMILES string of the molecule is Cn1c(-c2ccc(NC(=O)[C@@H]3CCC[C@@H]3CN)cc2)nc2ccccc21. The minimum atomic E-state index is 0.0412. The van der Waals surface area contributed by atoms with Gasteiger partial charge in [0.15, 0.2) is 0 Å². The highest BCUT2D eigenvalue weighted by atomic mass is 16.1. The van der Waals surface area contributed by atoms with Gasteiger partial charge in [0.2, 0.25) is 5.91 Å². The first-order chi connectivity index (χ1) is 12.7. The molecular formula is C21H24N4O. The van der Waals surface area contributed by atoms with Crippen LogP contribution in [-0.4, -0.2) is 22.0 Å². The van der Waals surface area contributed by atoms with Crippen molar-refractivity contribution in [2.75, 3.05) is 11.9 Å². The maximum Gasteiger partial charge on any atom is 0.227 e. The van der Waals surface area contributed by atoms with Gasteiger partial charge in [-0.1, -0.05) is 18.6 Å². The van der Waals surface area contributed by atoms with Crippen LogP contribution in [0.25, 0.3) is 22.4 Å². The number of hydrogen-bond acceptors (Lipinski definition) is 3. The second-order valence-corrected chi connectivity index (χ2v) is 7.08. The Kier molecular flexibility index (Phi) is 4.47. The minimum Gasteiger partial charge on any atom is -0.330 e. The number of hydrogen-bond donors (Lipinski definition) is 2. The third-order valence-electron chi connectivity index (χ3n) is 5.50. The molecule has 1 aromatic heterocycles. The van der Waals surface area contributed by atoms with Crippen molar-refractivity contribution in [2.45, 2.75) is 19.3 Å². The lowest BCUT2D eigenvalue weighted by atomic mass is 9.95. The van der Waals surface area contributed by atoms with Gasteiger partial charge in [0.05, 0.1) is 11.0 Å². The zero-order valence-corrected chi connectivity index (χ0v) is 15.0. The van der Waals surface area contributed by atoms with Crippen molar-refractivity contribution < 1.29 is 4.79 Å². The molecule has 1 aliphatic carbocycles. The highest BCUT2D eigenvalue weighted by Gasteiger charge is 2.31. The average molecular weight is 348 g/mol. The minimum absolute atomic E-state index is 0.0412. The van der Waals surface area contributed by atoms with E-state index in [9.17, 15) is 4.79 Å². The van der Waals surface area contributed by atoms with Crippen LogP contribution in [-0.2, 0) is 11.8 Å². The Bertz CT molecular complexity index is 929. The summed E-state index contributed by atoms with van der Waals surface area (Å²) < 4.78 is 2.09. The van der Waals surface area contributed by atoms with Gasteiger partial charge in [-0.15, -0.1) is 0 Å². The summed E-state index contributed by atoms with van der Waals surface area (Å²) in [6, 6.07) is 16.0. The molecule has 0 spiro atoms. The van der Waals surface area contributed by atoms with Crippen LogP contribution >= 0.6 is 0 Å². The number of benzene rings is 2. The van der Waals surface area contributed by atoms with E-state index in [1.807, 2.05) is 49.5 Å². The number of imidazole rings is 1. The molecule has 2 aromatic carbocycles. The summed E-state index contributed by atoms with van der Waals surface area (Å²) in [7, 11) is 2.02. The molecule has 134 valence electrons. The van der Waals surface area contributed by atoms with E-state index in [0.717, 1.165) is 47.4 Å². The van der Waals surface area contributed by atoms with Gasteiger partial charge in [0, 0.05) is 24.2 Å². The number of anilines is 1. The third kappa shape index (κ3) is 2.99. The van der Waals surface area contributed by atoms with Gasteiger partial charge in [0.1, 0.15) is 5.82 Å². The lowest BCUT2D eigenvalue weighted by molar-refractivity contribution is -0.120. The zero-order valence-electron chi connectivity index (χ0n) is 15.0. The maximum absolute atomic E-state index is 12.5. The Morgan fingerprint density at radius 3 is 2.69 bits per heavy atom. The van der Waals surface area contributed by atoms with Crippen LogP contribution in [0.2, 0.25) is 0 Å². The van der Waals surface area contributed by atoms with E-state index in [-0.39, 0.29) is 11.8 Å². The van der Waals surface area contributed by atoms with E-state index in [1.54, 1.807) is 0 Å². The van der Waals surface area contributed by atoms with Crippen molar-refractivity contribution >= 4 is 22.6 Å². The van der Waals surface area contributed by atoms with Crippen LogP contribution in [0.15, 0.2) is 48.5 Å². The van der Waals surface area contributed by atoms with E-state index < -0.39 is 0 Å². The highest BCUT2D eigenvalue weighted by Crippen LogP contribution is 2.32. The smallest absolute Gasteiger partial charge is 0.227 e. The number of fused-ring (bicyclic) bond motifs is 1. The molecule has 1 saturated carbocycles. The first-order valence-electron chi connectivity index (χ1n) is 9.20. The molecular weight excluding hydrogens is 324 g/mol. The molecule has 3 N–H and O–H groups in total. The van der Waals surface area contributed by atoms with Crippen molar-refractivity contribution in [3.05, 3.63) is 48.5 Å². The average Bonchev–Trinajstić information content (AvgIpc) is 3.27. The van der Waals surface area contributed by atoms with Gasteiger partial charge < -0.3 is 15.6 Å². The predicted octanol–water partition coefficient (Wildman–Crippen LogP) is 3.55. The Labute approximate surface area is 153 Å². The van der Waals surface area contributed by atoms with Crippen LogP contribution in [0.3, 0.4) is 0 Å². The Balaban J connectivity index is 1.53. The molecule has 0 unspecified atom stereocenters. The number of carbonyl (C=O) groups excluding carboxylic acids is 1. The Morgan fingerprint density at radius 2 is 1.96 bits per heavy atom. The lowest BCUT2D eigenvalue weighted by Crippen LogP contribution is -2.29. The first-order valence-corrected chi connectivity index (χ1v) is 9.20. The second kappa shape index (κ2) is 6.92. The quantitative estimate of drug-likeness (QED) is 0.757. The normalized spacial score (nSPS) is 19.8. The Hall–Kier alpha value is -2.66. The number of nitrogens with zero attached hydrogens (tertiary/aromatic N) is 2. The number of nitrogens with one attached hydrogen (secondary N) is 1. The van der Waals surface area contributed by atoms with Crippen LogP contribution in [0.5, 0.6) is 0 Å². The van der Waals surface area contributed by atoms with Gasteiger partial charge >= 0.3 is 0 Å². The number of rotatable bonds is 4. The number of carbonyl (C=O) groups is 1. The summed E-state index contributed by atoms with van der Waals surface area (Å²) in [6.07, 6.45) is 3.08. The number of amides is 1. The van der Waals surface area contributed by atoms with Crippen LogP contribution in [0.1, 0.15) is 19.3 Å². The summed E-state index contributed by atoms with van der Waals surface area (Å²) in [5.41, 5.74) is 9.73. The van der Waals surface area contributed by atoms with Gasteiger partial charge in [0.25, 0.3) is 0 Å². The standard InChI is InChI=1S/C21H24N4O/c1-25-19-8-3-2-7-18(19)24-20(25)14-9-11-16(12-10-14)23-21(26)17-6-4-5-15(17)13-22/h2-3,7-12,15,17H,4-6,13,22H2,1H3,(H,23,26)/t15-,17-/m1/s1. The summed E-state index contributed by atoms with van der Waals surface area (Å²) in [4.78, 5) is 17.2. The molecule has 0 aliphatic heterocycles. The lowest BCUT2D eigenvalue weighted by Gasteiger charge is -2.17. The predicted molar refractivity (Wildman–Crippen MR) is 105 cm³/mol. The summed E-state index contributed by atoms with van der Waals surface area (Å²) in [5, 5.41) is 3.05. The van der Waals surface area contributed by atoms with Crippen molar-refractivity contribution in [1.29, 1.82) is 0 Å². The van der Waals surface area contributed by atoms with Crippen LogP contribution in [0, 0.1) is 11.8 Å². The molecule has 1 aliphatic rings. The summed E-state index contributed by atoms with van der Waals surface area (Å²) >= 11 is 0. The van der Waals surface area contributed by atoms with Crippen molar-refractivity contribution in [1.82, 2.24) is 9.55 Å². The number of aromatic nitrogens is 2. The van der Waals surface area contributed by atoms with Gasteiger partial charge in [-0.25, -0.2) is 4.98 Å². The number of para-hydroxylation sites is 2. The molecule has 1 amide bonds. The van der Waals surface area contributed by atoms with Crippen LogP contribution in [0.4, 0.5) is 5.69 Å². The topological polar surface area (TPSA) is 72.9 Å².